The molecule has 0 saturated heterocycles. The average molecular weight is 308 g/mol. The molecule has 0 aliphatic carbocycles. The molecule has 2 unspecified atom stereocenters. The Morgan fingerprint density at radius 3 is 2.48 bits per heavy atom. The molecule has 114 valence electrons. The van der Waals surface area contributed by atoms with Crippen molar-refractivity contribution in [1.29, 1.82) is 0 Å². The van der Waals surface area contributed by atoms with E-state index in [4.69, 9.17) is 22.7 Å². The number of ether oxygens (including phenoxy) is 1. The van der Waals surface area contributed by atoms with Gasteiger partial charge in [0.05, 0.1) is 17.5 Å². The van der Waals surface area contributed by atoms with Crippen LogP contribution in [0.15, 0.2) is 30.3 Å². The second kappa shape index (κ2) is 8.36. The highest BCUT2D eigenvalue weighted by atomic mass is 32.1. The van der Waals surface area contributed by atoms with Crippen LogP contribution in [-0.2, 0) is 20.7 Å². The van der Waals surface area contributed by atoms with Gasteiger partial charge in [-0.1, -0.05) is 42.5 Å². The first kappa shape index (κ1) is 17.1. The number of hydrogen-bond donors (Lipinski definition) is 2. The first-order valence-electron chi connectivity index (χ1n) is 6.76. The fourth-order valence-electron chi connectivity index (χ4n) is 1.81. The van der Waals surface area contributed by atoms with Gasteiger partial charge in [-0.15, -0.1) is 0 Å². The van der Waals surface area contributed by atoms with Crippen molar-refractivity contribution in [2.75, 3.05) is 6.61 Å². The Bertz CT molecular complexity index is 505. The predicted octanol–water partition coefficient (Wildman–Crippen LogP) is 1.20. The second-order valence-corrected chi connectivity index (χ2v) is 5.10. The van der Waals surface area contributed by atoms with E-state index in [9.17, 15) is 9.59 Å². The van der Waals surface area contributed by atoms with Crippen LogP contribution in [0.5, 0.6) is 0 Å². The first-order chi connectivity index (χ1) is 9.95. The minimum Gasteiger partial charge on any atom is -0.464 e. The summed E-state index contributed by atoms with van der Waals surface area (Å²) in [6, 6.07) is 8.71. The summed E-state index contributed by atoms with van der Waals surface area (Å²) in [7, 11) is 0. The molecule has 0 fully saturated rings. The van der Waals surface area contributed by atoms with Gasteiger partial charge in [-0.05, 0) is 25.8 Å². The molecule has 0 spiro atoms. The zero-order valence-electron chi connectivity index (χ0n) is 12.2. The van der Waals surface area contributed by atoms with Gasteiger partial charge < -0.3 is 15.8 Å². The SMILES string of the molecule is CCOC(=O)C(C)NC(=O)C(Cc1ccccc1)C(N)=S. The summed E-state index contributed by atoms with van der Waals surface area (Å²) in [5.41, 5.74) is 6.60. The van der Waals surface area contributed by atoms with Crippen LogP contribution in [0.2, 0.25) is 0 Å². The minimum absolute atomic E-state index is 0.104. The Kier molecular flexibility index (Phi) is 6.81. The molecule has 2 atom stereocenters. The number of esters is 1. The normalized spacial score (nSPS) is 13.0. The molecular formula is C15H20N2O3S. The minimum atomic E-state index is -0.731. The zero-order valence-corrected chi connectivity index (χ0v) is 13.0. The van der Waals surface area contributed by atoms with E-state index in [-0.39, 0.29) is 17.5 Å². The van der Waals surface area contributed by atoms with Crippen LogP contribution in [0.3, 0.4) is 0 Å². The Morgan fingerprint density at radius 2 is 1.95 bits per heavy atom. The molecule has 1 amide bonds. The fraction of sp³-hybridized carbons (Fsp3) is 0.400. The van der Waals surface area contributed by atoms with Crippen molar-refractivity contribution in [2.24, 2.45) is 11.7 Å². The molecule has 0 aliphatic heterocycles. The van der Waals surface area contributed by atoms with E-state index in [1.165, 1.54) is 0 Å². The van der Waals surface area contributed by atoms with Crippen molar-refractivity contribution in [2.45, 2.75) is 26.3 Å². The summed E-state index contributed by atoms with van der Waals surface area (Å²) in [6.07, 6.45) is 0.400. The summed E-state index contributed by atoms with van der Waals surface area (Å²) in [6.45, 7) is 3.54. The van der Waals surface area contributed by atoms with E-state index in [1.54, 1.807) is 13.8 Å². The molecule has 1 rings (SSSR count). The first-order valence-corrected chi connectivity index (χ1v) is 7.16. The fourth-order valence-corrected chi connectivity index (χ4v) is 2.00. The molecule has 0 aliphatic rings. The van der Waals surface area contributed by atoms with Crippen molar-refractivity contribution in [1.82, 2.24) is 5.32 Å². The lowest BCUT2D eigenvalue weighted by Gasteiger charge is -2.18. The van der Waals surface area contributed by atoms with Crippen molar-refractivity contribution in [3.63, 3.8) is 0 Å². The molecule has 1 aromatic carbocycles. The third-order valence-electron chi connectivity index (χ3n) is 2.94. The van der Waals surface area contributed by atoms with Crippen LogP contribution in [0, 0.1) is 5.92 Å². The van der Waals surface area contributed by atoms with Crippen LogP contribution in [0.4, 0.5) is 0 Å². The summed E-state index contributed by atoms with van der Waals surface area (Å²) < 4.78 is 4.85. The van der Waals surface area contributed by atoms with Crippen molar-refractivity contribution in [3.8, 4) is 0 Å². The van der Waals surface area contributed by atoms with Gasteiger partial charge in [-0.25, -0.2) is 4.79 Å². The zero-order chi connectivity index (χ0) is 15.8. The summed E-state index contributed by atoms with van der Waals surface area (Å²) >= 11 is 4.96. The number of nitrogens with one attached hydrogen (secondary N) is 1. The molecule has 0 saturated carbocycles. The predicted molar refractivity (Wildman–Crippen MR) is 84.7 cm³/mol. The highest BCUT2D eigenvalue weighted by Crippen LogP contribution is 2.10. The van der Waals surface area contributed by atoms with Gasteiger partial charge in [-0.3, -0.25) is 4.79 Å². The van der Waals surface area contributed by atoms with Crippen molar-refractivity contribution >= 4 is 29.1 Å². The van der Waals surface area contributed by atoms with Gasteiger partial charge in [0, 0.05) is 0 Å². The maximum Gasteiger partial charge on any atom is 0.328 e. The number of amides is 1. The Morgan fingerprint density at radius 1 is 1.33 bits per heavy atom. The van der Waals surface area contributed by atoms with E-state index in [0.29, 0.717) is 6.42 Å². The van der Waals surface area contributed by atoms with Gasteiger partial charge in [0.25, 0.3) is 0 Å². The molecule has 6 heteroatoms. The molecule has 5 nitrogen and oxygen atoms in total. The third-order valence-corrected chi connectivity index (χ3v) is 3.23. The van der Waals surface area contributed by atoms with E-state index in [2.05, 4.69) is 5.32 Å². The monoisotopic (exact) mass is 308 g/mol. The molecule has 1 aromatic rings. The average Bonchev–Trinajstić information content (AvgIpc) is 2.45. The van der Waals surface area contributed by atoms with E-state index in [1.807, 2.05) is 30.3 Å². The molecule has 0 aromatic heterocycles. The van der Waals surface area contributed by atoms with Crippen molar-refractivity contribution < 1.29 is 14.3 Å². The lowest BCUT2D eigenvalue weighted by atomic mass is 9.98. The number of carbonyl (C=O) groups excluding carboxylic acids is 2. The van der Waals surface area contributed by atoms with Crippen LogP contribution < -0.4 is 11.1 Å². The standard InChI is InChI=1S/C15H20N2O3S/c1-3-20-15(19)10(2)17-14(18)12(13(16)21)9-11-7-5-4-6-8-11/h4-8,10,12H,3,9H2,1-2H3,(H2,16,21)(H,17,18). The van der Waals surface area contributed by atoms with Crippen LogP contribution in [0.25, 0.3) is 0 Å². The smallest absolute Gasteiger partial charge is 0.328 e. The highest BCUT2D eigenvalue weighted by Gasteiger charge is 2.25. The van der Waals surface area contributed by atoms with Crippen LogP contribution in [0.1, 0.15) is 19.4 Å². The quantitative estimate of drug-likeness (QED) is 0.584. The molecule has 0 radical (unpaired) electrons. The number of benzene rings is 1. The lowest BCUT2D eigenvalue weighted by Crippen LogP contribution is -2.46. The summed E-state index contributed by atoms with van der Waals surface area (Å²) in [5.74, 6) is -1.50. The molecule has 3 N–H and O–H groups in total. The molecule has 21 heavy (non-hydrogen) atoms. The maximum absolute atomic E-state index is 12.2. The molecule has 0 bridgehead atoms. The number of thiocarbonyl (C=S) groups is 1. The molecule has 0 heterocycles. The number of carbonyl (C=O) groups is 2. The Labute approximate surface area is 129 Å². The topological polar surface area (TPSA) is 81.4 Å². The highest BCUT2D eigenvalue weighted by molar-refractivity contribution is 7.80. The molecular weight excluding hydrogens is 288 g/mol. The third kappa shape index (κ3) is 5.51. The maximum atomic E-state index is 12.2. The van der Waals surface area contributed by atoms with Crippen LogP contribution in [-0.4, -0.2) is 29.5 Å². The van der Waals surface area contributed by atoms with E-state index < -0.39 is 17.9 Å². The van der Waals surface area contributed by atoms with Crippen LogP contribution >= 0.6 is 12.2 Å². The van der Waals surface area contributed by atoms with E-state index in [0.717, 1.165) is 5.56 Å². The number of nitrogens with two attached hydrogens (primary N) is 1. The largest absolute Gasteiger partial charge is 0.464 e. The van der Waals surface area contributed by atoms with Gasteiger partial charge in [0.15, 0.2) is 0 Å². The van der Waals surface area contributed by atoms with Gasteiger partial charge in [-0.2, -0.15) is 0 Å². The second-order valence-electron chi connectivity index (χ2n) is 4.63. The van der Waals surface area contributed by atoms with E-state index >= 15 is 0 Å². The van der Waals surface area contributed by atoms with Crippen molar-refractivity contribution in [3.05, 3.63) is 35.9 Å². The van der Waals surface area contributed by atoms with Gasteiger partial charge >= 0.3 is 5.97 Å². The lowest BCUT2D eigenvalue weighted by molar-refractivity contribution is -0.147. The Hall–Kier alpha value is -1.95. The number of rotatable bonds is 7. The van der Waals surface area contributed by atoms with Gasteiger partial charge in [0.2, 0.25) is 5.91 Å². The van der Waals surface area contributed by atoms with Gasteiger partial charge in [0.1, 0.15) is 6.04 Å². The number of hydrogen-bond acceptors (Lipinski definition) is 4. The summed E-state index contributed by atoms with van der Waals surface area (Å²) in [5, 5.41) is 2.59. The summed E-state index contributed by atoms with van der Waals surface area (Å²) in [4.78, 5) is 23.9. The Balaban J connectivity index is 2.70.